The van der Waals surface area contributed by atoms with Gasteiger partial charge in [-0.05, 0) is 79.0 Å². The zero-order chi connectivity index (χ0) is 24.8. The van der Waals surface area contributed by atoms with E-state index in [1.807, 2.05) is 54.6 Å². The minimum atomic E-state index is -0.210. The second-order valence-electron chi connectivity index (χ2n) is 11.7. The maximum atomic E-state index is 13.2. The van der Waals surface area contributed by atoms with Gasteiger partial charge in [-0.2, -0.15) is 0 Å². The molecule has 190 valence electrons. The number of benzene rings is 2. The lowest BCUT2D eigenvalue weighted by Gasteiger charge is -2.46. The lowest BCUT2D eigenvalue weighted by Crippen LogP contribution is -2.43. The van der Waals surface area contributed by atoms with E-state index in [1.54, 1.807) is 0 Å². The first kappa shape index (κ1) is 25.8. The zero-order valence-electron chi connectivity index (χ0n) is 22.2. The van der Waals surface area contributed by atoms with Crippen LogP contribution >= 0.6 is 0 Å². The normalized spacial score (nSPS) is 26.8. The first-order valence-electron chi connectivity index (χ1n) is 13.8. The smallest absolute Gasteiger partial charge is 0.338 e. The van der Waals surface area contributed by atoms with Crippen LogP contribution in [0.2, 0.25) is 0 Å². The molecule has 3 heteroatoms. The fraction of sp³-hybridized carbons (Fsp3) is 0.594. The van der Waals surface area contributed by atoms with Crippen molar-refractivity contribution >= 4 is 5.97 Å². The van der Waals surface area contributed by atoms with Crippen molar-refractivity contribution in [1.82, 2.24) is 0 Å². The summed E-state index contributed by atoms with van der Waals surface area (Å²) in [4.78, 5) is 13.2. The largest absolute Gasteiger partial charge is 0.489 e. The molecular formula is C32H44O3. The molecule has 2 saturated carbocycles. The van der Waals surface area contributed by atoms with Gasteiger partial charge >= 0.3 is 5.97 Å². The maximum absolute atomic E-state index is 13.2. The highest BCUT2D eigenvalue weighted by Crippen LogP contribution is 2.59. The van der Waals surface area contributed by atoms with Gasteiger partial charge in [-0.3, -0.25) is 0 Å². The fourth-order valence-corrected chi connectivity index (χ4v) is 6.94. The Hall–Kier alpha value is -2.29. The van der Waals surface area contributed by atoms with Crippen LogP contribution in [0, 0.1) is 29.1 Å². The van der Waals surface area contributed by atoms with Crippen LogP contribution in [0.1, 0.15) is 95.0 Å². The molecule has 0 saturated heterocycles. The number of fused-ring (bicyclic) bond motifs is 1. The van der Waals surface area contributed by atoms with Gasteiger partial charge in [-0.25, -0.2) is 4.79 Å². The molecule has 0 amide bonds. The molecule has 2 fully saturated rings. The van der Waals surface area contributed by atoms with Crippen molar-refractivity contribution in [3.8, 4) is 5.75 Å². The average molecular weight is 477 g/mol. The van der Waals surface area contributed by atoms with Crippen LogP contribution in [0.15, 0.2) is 54.6 Å². The first-order valence-corrected chi connectivity index (χ1v) is 13.8. The number of carbonyl (C=O) groups excluding carboxylic acids is 1. The van der Waals surface area contributed by atoms with Crippen molar-refractivity contribution in [2.24, 2.45) is 29.1 Å². The van der Waals surface area contributed by atoms with Gasteiger partial charge in [0, 0.05) is 5.92 Å². The molecule has 2 aromatic carbocycles. The summed E-state index contributed by atoms with van der Waals surface area (Å²) in [5.74, 6) is 3.25. The fourth-order valence-electron chi connectivity index (χ4n) is 6.94. The Morgan fingerprint density at radius 3 is 2.57 bits per heavy atom. The molecule has 4 rings (SSSR count). The predicted octanol–water partition coefficient (Wildman–Crippen LogP) is 8.47. The average Bonchev–Trinajstić information content (AvgIpc) is 3.21. The number of rotatable bonds is 10. The van der Waals surface area contributed by atoms with Gasteiger partial charge in [-0.15, -0.1) is 0 Å². The van der Waals surface area contributed by atoms with Gasteiger partial charge in [0.25, 0.3) is 0 Å². The van der Waals surface area contributed by atoms with Crippen LogP contribution < -0.4 is 4.74 Å². The third-order valence-electron chi connectivity index (χ3n) is 8.84. The van der Waals surface area contributed by atoms with Gasteiger partial charge in [0.15, 0.2) is 0 Å². The van der Waals surface area contributed by atoms with Crippen molar-refractivity contribution in [1.29, 1.82) is 0 Å². The van der Waals surface area contributed by atoms with Gasteiger partial charge in [-0.1, -0.05) is 83.4 Å². The van der Waals surface area contributed by atoms with E-state index in [1.165, 1.54) is 38.5 Å². The van der Waals surface area contributed by atoms with E-state index in [-0.39, 0.29) is 12.1 Å². The highest BCUT2D eigenvalue weighted by atomic mass is 16.5. The Morgan fingerprint density at radius 1 is 1.00 bits per heavy atom. The van der Waals surface area contributed by atoms with Crippen LogP contribution in [0.3, 0.4) is 0 Å². The number of hydrogen-bond donors (Lipinski definition) is 0. The van der Waals surface area contributed by atoms with E-state index >= 15 is 0 Å². The zero-order valence-corrected chi connectivity index (χ0v) is 22.2. The van der Waals surface area contributed by atoms with Crippen molar-refractivity contribution in [3.63, 3.8) is 0 Å². The molecule has 5 atom stereocenters. The molecule has 2 aliphatic rings. The van der Waals surface area contributed by atoms with Crippen molar-refractivity contribution in [3.05, 3.63) is 65.7 Å². The highest BCUT2D eigenvalue weighted by Gasteiger charge is 2.53. The predicted molar refractivity (Wildman–Crippen MR) is 142 cm³/mol. The molecule has 2 aromatic rings. The Balaban J connectivity index is 1.36. The van der Waals surface area contributed by atoms with E-state index in [0.717, 1.165) is 36.2 Å². The van der Waals surface area contributed by atoms with Crippen molar-refractivity contribution in [2.45, 2.75) is 91.8 Å². The summed E-state index contributed by atoms with van der Waals surface area (Å²) in [6.45, 7) is 10.1. The van der Waals surface area contributed by atoms with Crippen LogP contribution in [-0.2, 0) is 11.3 Å². The monoisotopic (exact) mass is 476 g/mol. The minimum absolute atomic E-state index is 0.0306. The lowest BCUT2D eigenvalue weighted by atomic mass is 9.61. The third-order valence-corrected chi connectivity index (χ3v) is 8.84. The van der Waals surface area contributed by atoms with Gasteiger partial charge < -0.3 is 9.47 Å². The molecule has 0 spiro atoms. The first-order chi connectivity index (χ1) is 16.9. The molecule has 0 aliphatic heterocycles. The highest BCUT2D eigenvalue weighted by molar-refractivity contribution is 5.90. The molecule has 0 bridgehead atoms. The summed E-state index contributed by atoms with van der Waals surface area (Å²) >= 11 is 0. The maximum Gasteiger partial charge on any atom is 0.338 e. The molecule has 0 heterocycles. The Kier molecular flexibility index (Phi) is 8.57. The Morgan fingerprint density at radius 2 is 1.80 bits per heavy atom. The topological polar surface area (TPSA) is 35.5 Å². The number of carbonyl (C=O) groups is 1. The molecular weight excluding hydrogens is 432 g/mol. The standard InChI is InChI=1S/C32H44O3/c1-23(2)11-8-12-24(3)28-18-19-29-30(17-10-20-32(28,29)4)35-31(33)26-15-9-16-27(21-26)34-22-25-13-6-5-7-14-25/h5-7,9,13-16,21,23-24,28-30H,8,10-12,17-20,22H2,1-4H3/t24-,28-,29+,30+,32-/m1/s1. The molecule has 35 heavy (non-hydrogen) atoms. The van der Waals surface area contributed by atoms with E-state index in [9.17, 15) is 4.79 Å². The SMILES string of the molecule is CC(C)CCC[C@@H](C)[C@H]1CC[C@H]2[C@@H](OC(=O)c3cccc(OCc4ccccc4)c3)CCC[C@]12C. The summed E-state index contributed by atoms with van der Waals surface area (Å²) in [7, 11) is 0. The third kappa shape index (κ3) is 6.29. The second-order valence-corrected chi connectivity index (χ2v) is 11.7. The second kappa shape index (κ2) is 11.6. The van der Waals surface area contributed by atoms with Gasteiger partial charge in [0.05, 0.1) is 5.56 Å². The molecule has 0 N–H and O–H groups in total. The molecule has 0 aromatic heterocycles. The van der Waals surface area contributed by atoms with E-state index < -0.39 is 0 Å². The quantitative estimate of drug-likeness (QED) is 0.323. The van der Waals surface area contributed by atoms with E-state index in [0.29, 0.717) is 29.3 Å². The summed E-state index contributed by atoms with van der Waals surface area (Å²) in [5.41, 5.74) is 1.98. The van der Waals surface area contributed by atoms with Crippen molar-refractivity contribution in [2.75, 3.05) is 0 Å². The number of esters is 1. The molecule has 0 unspecified atom stereocenters. The van der Waals surface area contributed by atoms with Gasteiger partial charge in [0.1, 0.15) is 18.5 Å². The summed E-state index contributed by atoms with van der Waals surface area (Å²) < 4.78 is 12.2. The summed E-state index contributed by atoms with van der Waals surface area (Å²) in [6, 6.07) is 17.5. The lowest BCUT2D eigenvalue weighted by molar-refractivity contribution is -0.0473. The molecule has 0 radical (unpaired) electrons. The number of hydrogen-bond acceptors (Lipinski definition) is 3. The van der Waals surface area contributed by atoms with E-state index in [2.05, 4.69) is 27.7 Å². The van der Waals surface area contributed by atoms with Crippen LogP contribution in [0.4, 0.5) is 0 Å². The summed E-state index contributed by atoms with van der Waals surface area (Å²) in [5, 5.41) is 0. The van der Waals surface area contributed by atoms with E-state index in [4.69, 9.17) is 9.47 Å². The van der Waals surface area contributed by atoms with Crippen molar-refractivity contribution < 1.29 is 14.3 Å². The molecule has 2 aliphatic carbocycles. The Labute approximate surface area is 212 Å². The van der Waals surface area contributed by atoms with Gasteiger partial charge in [0.2, 0.25) is 0 Å². The molecule has 3 nitrogen and oxygen atoms in total. The summed E-state index contributed by atoms with van der Waals surface area (Å²) in [6.07, 6.45) is 9.89. The number of ether oxygens (including phenoxy) is 2. The van der Waals surface area contributed by atoms with Crippen LogP contribution in [0.25, 0.3) is 0 Å². The Bertz CT molecular complexity index is 952. The van der Waals surface area contributed by atoms with Crippen LogP contribution in [-0.4, -0.2) is 12.1 Å². The van der Waals surface area contributed by atoms with Crippen LogP contribution in [0.5, 0.6) is 5.75 Å². The minimum Gasteiger partial charge on any atom is -0.489 e.